The lowest BCUT2D eigenvalue weighted by Crippen LogP contribution is -1.96. The topological polar surface area (TPSA) is 86.7 Å². The minimum absolute atomic E-state index is 0.181. The van der Waals surface area contributed by atoms with Crippen molar-refractivity contribution in [1.29, 1.82) is 0 Å². The number of nitrogens with zero attached hydrogens (tertiary/aromatic N) is 5. The van der Waals surface area contributed by atoms with Crippen molar-refractivity contribution in [1.82, 2.24) is 19.5 Å². The van der Waals surface area contributed by atoms with E-state index in [0.29, 0.717) is 5.56 Å². The summed E-state index contributed by atoms with van der Waals surface area (Å²) in [5.74, 6) is 0.573. The monoisotopic (exact) mass is 317 g/mol. The van der Waals surface area contributed by atoms with Crippen LogP contribution in [0.2, 0.25) is 0 Å². The number of fused-ring (bicyclic) bond motifs is 1. The molecule has 0 aromatic carbocycles. The number of rotatable bonds is 3. The van der Waals surface area contributed by atoms with Crippen LogP contribution in [-0.2, 0) is 0 Å². The molecular weight excluding hydrogens is 306 g/mol. The molecular formula is C17H11N5O2. The molecule has 0 atom stereocenters. The Bertz CT molecular complexity index is 1040. The van der Waals surface area contributed by atoms with Gasteiger partial charge in [-0.3, -0.25) is 9.55 Å². The summed E-state index contributed by atoms with van der Waals surface area (Å²) in [7, 11) is 0. The van der Waals surface area contributed by atoms with E-state index in [4.69, 9.17) is 0 Å². The molecule has 4 aromatic rings. The Balaban J connectivity index is 1.73. The van der Waals surface area contributed by atoms with Gasteiger partial charge in [0, 0.05) is 35.6 Å². The summed E-state index contributed by atoms with van der Waals surface area (Å²) < 4.78 is 1.95. The van der Waals surface area contributed by atoms with Crippen LogP contribution in [0.3, 0.4) is 0 Å². The van der Waals surface area contributed by atoms with Crippen molar-refractivity contribution in [3.05, 3.63) is 77.5 Å². The van der Waals surface area contributed by atoms with Crippen molar-refractivity contribution < 1.29 is 4.92 Å². The molecule has 0 bridgehead atoms. The van der Waals surface area contributed by atoms with E-state index in [0.717, 1.165) is 22.3 Å². The highest BCUT2D eigenvalue weighted by Gasteiger charge is 2.10. The standard InChI is InChI=1S/C17H11N5O2/c23-22(24)17-9-13(4-7-19-17)14-1-2-16(20-10-14)21-8-5-12-3-6-18-11-15(12)21/h1-11H. The van der Waals surface area contributed by atoms with Crippen molar-refractivity contribution in [2.45, 2.75) is 0 Å². The molecule has 0 aliphatic heterocycles. The Morgan fingerprint density at radius 1 is 0.958 bits per heavy atom. The van der Waals surface area contributed by atoms with Crippen molar-refractivity contribution in [3.63, 3.8) is 0 Å². The Kier molecular flexibility index (Phi) is 3.24. The normalized spacial score (nSPS) is 10.8. The van der Waals surface area contributed by atoms with E-state index in [-0.39, 0.29) is 5.82 Å². The zero-order valence-corrected chi connectivity index (χ0v) is 12.4. The predicted molar refractivity (Wildman–Crippen MR) is 88.8 cm³/mol. The molecule has 0 fully saturated rings. The van der Waals surface area contributed by atoms with Crippen LogP contribution in [0.15, 0.2) is 67.4 Å². The maximum atomic E-state index is 10.8. The maximum absolute atomic E-state index is 10.8. The van der Waals surface area contributed by atoms with E-state index in [1.807, 2.05) is 35.0 Å². The fourth-order valence-electron chi connectivity index (χ4n) is 2.57. The molecule has 0 aliphatic carbocycles. The van der Waals surface area contributed by atoms with Gasteiger partial charge in [-0.05, 0) is 45.8 Å². The highest BCUT2D eigenvalue weighted by molar-refractivity contribution is 5.80. The molecule has 0 spiro atoms. The third kappa shape index (κ3) is 2.38. The van der Waals surface area contributed by atoms with Gasteiger partial charge in [0.25, 0.3) is 0 Å². The van der Waals surface area contributed by atoms with Crippen LogP contribution in [0.5, 0.6) is 0 Å². The average molecular weight is 317 g/mol. The molecule has 0 unspecified atom stereocenters. The van der Waals surface area contributed by atoms with Crippen LogP contribution in [0.1, 0.15) is 0 Å². The van der Waals surface area contributed by atoms with E-state index < -0.39 is 4.92 Å². The van der Waals surface area contributed by atoms with Crippen LogP contribution in [0.4, 0.5) is 5.82 Å². The van der Waals surface area contributed by atoms with Crippen LogP contribution in [-0.4, -0.2) is 24.4 Å². The van der Waals surface area contributed by atoms with Gasteiger partial charge in [-0.15, -0.1) is 0 Å². The zero-order valence-electron chi connectivity index (χ0n) is 12.4. The largest absolute Gasteiger partial charge is 0.364 e. The second-order valence-corrected chi connectivity index (χ2v) is 5.19. The van der Waals surface area contributed by atoms with Crippen LogP contribution in [0, 0.1) is 10.1 Å². The molecule has 0 amide bonds. The number of pyridine rings is 3. The third-order valence-electron chi connectivity index (χ3n) is 3.76. The van der Waals surface area contributed by atoms with Crippen LogP contribution >= 0.6 is 0 Å². The molecule has 0 N–H and O–H groups in total. The molecule has 24 heavy (non-hydrogen) atoms. The van der Waals surface area contributed by atoms with Gasteiger partial charge < -0.3 is 10.1 Å². The number of hydrogen-bond donors (Lipinski definition) is 0. The van der Waals surface area contributed by atoms with Crippen molar-refractivity contribution >= 4 is 16.7 Å². The lowest BCUT2D eigenvalue weighted by atomic mass is 10.1. The quantitative estimate of drug-likeness (QED) is 0.427. The van der Waals surface area contributed by atoms with Gasteiger partial charge in [0.15, 0.2) is 0 Å². The van der Waals surface area contributed by atoms with Gasteiger partial charge in [-0.2, -0.15) is 0 Å². The van der Waals surface area contributed by atoms with Gasteiger partial charge in [0.2, 0.25) is 0 Å². The van der Waals surface area contributed by atoms with Crippen molar-refractivity contribution in [3.8, 4) is 16.9 Å². The minimum Gasteiger partial charge on any atom is -0.358 e. The first-order valence-electron chi connectivity index (χ1n) is 7.21. The molecule has 4 heterocycles. The number of hydrogen-bond acceptors (Lipinski definition) is 5. The predicted octanol–water partition coefficient (Wildman–Crippen LogP) is 3.39. The third-order valence-corrected chi connectivity index (χ3v) is 3.76. The first kappa shape index (κ1) is 14.0. The molecule has 4 aromatic heterocycles. The Labute approximate surface area is 136 Å². The maximum Gasteiger partial charge on any atom is 0.364 e. The second kappa shape index (κ2) is 5.54. The summed E-state index contributed by atoms with van der Waals surface area (Å²) in [4.78, 5) is 22.7. The summed E-state index contributed by atoms with van der Waals surface area (Å²) in [6.07, 6.45) is 8.59. The summed E-state index contributed by atoms with van der Waals surface area (Å²) >= 11 is 0. The van der Waals surface area contributed by atoms with E-state index in [1.54, 1.807) is 24.7 Å². The minimum atomic E-state index is -0.510. The molecule has 0 radical (unpaired) electrons. The first-order valence-corrected chi connectivity index (χ1v) is 7.21. The van der Waals surface area contributed by atoms with E-state index in [1.165, 1.54) is 12.3 Å². The lowest BCUT2D eigenvalue weighted by Gasteiger charge is -2.06. The fourth-order valence-corrected chi connectivity index (χ4v) is 2.57. The summed E-state index contributed by atoms with van der Waals surface area (Å²) in [5.41, 5.74) is 2.46. The van der Waals surface area contributed by atoms with Crippen molar-refractivity contribution in [2.24, 2.45) is 0 Å². The zero-order chi connectivity index (χ0) is 16.5. The van der Waals surface area contributed by atoms with Crippen LogP contribution < -0.4 is 0 Å². The number of aromatic nitrogens is 4. The van der Waals surface area contributed by atoms with Gasteiger partial charge in [0.1, 0.15) is 12.0 Å². The molecule has 7 nitrogen and oxygen atoms in total. The average Bonchev–Trinajstić information content (AvgIpc) is 3.06. The highest BCUT2D eigenvalue weighted by Crippen LogP contribution is 2.23. The Morgan fingerprint density at radius 3 is 2.67 bits per heavy atom. The van der Waals surface area contributed by atoms with Gasteiger partial charge in [-0.25, -0.2) is 4.98 Å². The first-order chi connectivity index (χ1) is 11.7. The highest BCUT2D eigenvalue weighted by atomic mass is 16.6. The molecule has 0 saturated carbocycles. The second-order valence-electron chi connectivity index (χ2n) is 5.19. The fraction of sp³-hybridized carbons (Fsp3) is 0. The van der Waals surface area contributed by atoms with E-state index in [9.17, 15) is 10.1 Å². The summed E-state index contributed by atoms with van der Waals surface area (Å²) in [5, 5.41) is 11.9. The molecule has 0 aliphatic rings. The Morgan fingerprint density at radius 2 is 1.88 bits per heavy atom. The van der Waals surface area contributed by atoms with E-state index in [2.05, 4.69) is 15.0 Å². The van der Waals surface area contributed by atoms with Gasteiger partial charge >= 0.3 is 5.82 Å². The smallest absolute Gasteiger partial charge is 0.358 e. The van der Waals surface area contributed by atoms with Gasteiger partial charge in [-0.1, -0.05) is 0 Å². The SMILES string of the molecule is O=[N+]([O-])c1cc(-c2ccc(-n3ccc4ccncc43)nc2)ccn1. The summed E-state index contributed by atoms with van der Waals surface area (Å²) in [6.45, 7) is 0. The molecule has 4 rings (SSSR count). The van der Waals surface area contributed by atoms with Gasteiger partial charge in [0.05, 0.1) is 11.7 Å². The van der Waals surface area contributed by atoms with Crippen molar-refractivity contribution in [2.75, 3.05) is 0 Å². The number of nitro groups is 1. The molecule has 7 heteroatoms. The molecule has 116 valence electrons. The van der Waals surface area contributed by atoms with Crippen LogP contribution in [0.25, 0.3) is 27.8 Å². The van der Waals surface area contributed by atoms with E-state index >= 15 is 0 Å². The molecule has 0 saturated heterocycles. The summed E-state index contributed by atoms with van der Waals surface area (Å²) in [6, 6.07) is 10.8. The lowest BCUT2D eigenvalue weighted by molar-refractivity contribution is -0.389. The Hall–Kier alpha value is -3.61.